The Balaban J connectivity index is 3.51. The van der Waals surface area contributed by atoms with E-state index in [1.54, 1.807) is 6.92 Å². The molecule has 2 unspecified atom stereocenters. The Hall–Kier alpha value is 0.01000. The number of alkyl halides is 2. The number of carbonyl (C=O) groups excluding carboxylic acids is 1. The summed E-state index contributed by atoms with van der Waals surface area (Å²) < 4.78 is 9.52. The fraction of sp³-hybridized carbons (Fsp3) is 0.833. The van der Waals surface area contributed by atoms with Crippen molar-refractivity contribution in [2.75, 3.05) is 5.88 Å². The van der Waals surface area contributed by atoms with E-state index in [0.717, 1.165) is 0 Å². The molecule has 0 aliphatic rings. The lowest BCUT2D eigenvalue weighted by atomic mass is 10.7. The van der Waals surface area contributed by atoms with Crippen molar-refractivity contribution in [1.82, 2.24) is 0 Å². The maximum absolute atomic E-state index is 10.3. The number of rotatable bonds is 4. The van der Waals surface area contributed by atoms with Crippen molar-refractivity contribution in [3.63, 3.8) is 0 Å². The fourth-order valence-electron chi connectivity index (χ4n) is 0.506. The van der Waals surface area contributed by atoms with Gasteiger partial charge in [0.2, 0.25) is 6.29 Å². The van der Waals surface area contributed by atoms with E-state index in [2.05, 4.69) is 4.74 Å². The summed E-state index contributed by atoms with van der Waals surface area (Å²) in [5, 5.41) is 0. The van der Waals surface area contributed by atoms with Gasteiger partial charge in [-0.2, -0.15) is 0 Å². The first kappa shape index (κ1) is 11.0. The van der Waals surface area contributed by atoms with Crippen molar-refractivity contribution < 1.29 is 14.3 Å². The van der Waals surface area contributed by atoms with Gasteiger partial charge in [-0.1, -0.05) is 11.6 Å². The van der Waals surface area contributed by atoms with Gasteiger partial charge in [-0.3, -0.25) is 4.79 Å². The molecule has 0 saturated heterocycles. The van der Waals surface area contributed by atoms with Gasteiger partial charge in [0.1, 0.15) is 5.56 Å². The van der Waals surface area contributed by atoms with Gasteiger partial charge < -0.3 is 9.47 Å². The first-order chi connectivity index (χ1) is 5.06. The second-order valence-electron chi connectivity index (χ2n) is 1.88. The monoisotopic (exact) mass is 200 g/mol. The van der Waals surface area contributed by atoms with Crippen LogP contribution in [0.1, 0.15) is 13.8 Å². The molecular weight excluding hydrogens is 191 g/mol. The predicted molar refractivity (Wildman–Crippen MR) is 42.7 cm³/mol. The smallest absolute Gasteiger partial charge is 0.304 e. The molecule has 0 fully saturated rings. The molecule has 0 amide bonds. The molecule has 66 valence electrons. The summed E-state index contributed by atoms with van der Waals surface area (Å²) in [4.78, 5) is 10.3. The number of ether oxygens (including phenoxy) is 2. The highest BCUT2D eigenvalue weighted by atomic mass is 35.5. The van der Waals surface area contributed by atoms with E-state index in [-0.39, 0.29) is 5.88 Å². The normalized spacial score (nSPS) is 15.6. The Morgan fingerprint density at radius 2 is 2.18 bits per heavy atom. The van der Waals surface area contributed by atoms with Gasteiger partial charge >= 0.3 is 5.97 Å². The van der Waals surface area contributed by atoms with Crippen LogP contribution < -0.4 is 0 Å². The number of hydrogen-bond donors (Lipinski definition) is 0. The lowest BCUT2D eigenvalue weighted by molar-refractivity contribution is -0.173. The summed E-state index contributed by atoms with van der Waals surface area (Å²) in [6.45, 7) is 2.87. The van der Waals surface area contributed by atoms with Gasteiger partial charge in [-0.15, -0.1) is 11.6 Å². The van der Waals surface area contributed by atoms with E-state index in [1.165, 1.54) is 6.92 Å². The molecule has 0 saturated carbocycles. The SMILES string of the molecule is CC(=O)OC(C)OC(Cl)CCl. The van der Waals surface area contributed by atoms with Crippen LogP contribution >= 0.6 is 23.2 Å². The van der Waals surface area contributed by atoms with Crippen molar-refractivity contribution in [3.05, 3.63) is 0 Å². The summed E-state index contributed by atoms with van der Waals surface area (Å²) in [7, 11) is 0. The number of esters is 1. The maximum Gasteiger partial charge on any atom is 0.304 e. The number of halogens is 2. The largest absolute Gasteiger partial charge is 0.436 e. The lowest BCUT2D eigenvalue weighted by Gasteiger charge is -2.14. The van der Waals surface area contributed by atoms with Gasteiger partial charge in [0.05, 0.1) is 5.88 Å². The minimum Gasteiger partial charge on any atom is -0.436 e. The number of carbonyl (C=O) groups is 1. The van der Waals surface area contributed by atoms with Crippen molar-refractivity contribution in [3.8, 4) is 0 Å². The zero-order valence-corrected chi connectivity index (χ0v) is 7.85. The Bertz CT molecular complexity index is 129. The summed E-state index contributed by atoms with van der Waals surface area (Å²) in [6, 6.07) is 0. The molecule has 0 aromatic carbocycles. The molecule has 0 aromatic heterocycles. The van der Waals surface area contributed by atoms with Crippen LogP contribution in [0.3, 0.4) is 0 Å². The average molecular weight is 201 g/mol. The lowest BCUT2D eigenvalue weighted by Crippen LogP contribution is -2.21. The highest BCUT2D eigenvalue weighted by molar-refractivity contribution is 6.27. The van der Waals surface area contributed by atoms with Crippen molar-refractivity contribution in [2.45, 2.75) is 25.7 Å². The highest BCUT2D eigenvalue weighted by Gasteiger charge is 2.10. The molecule has 5 heteroatoms. The Labute approximate surface area is 75.6 Å². The first-order valence-electron chi connectivity index (χ1n) is 3.09. The Kier molecular flexibility index (Phi) is 5.64. The quantitative estimate of drug-likeness (QED) is 0.394. The second kappa shape index (κ2) is 5.63. The molecule has 0 aromatic rings. The van der Waals surface area contributed by atoms with Crippen LogP contribution in [0.4, 0.5) is 0 Å². The van der Waals surface area contributed by atoms with Crippen LogP contribution in [-0.2, 0) is 14.3 Å². The predicted octanol–water partition coefficient (Wildman–Crippen LogP) is 1.72. The zero-order chi connectivity index (χ0) is 8.85. The average Bonchev–Trinajstić information content (AvgIpc) is 1.85. The van der Waals surface area contributed by atoms with Gasteiger partial charge in [-0.25, -0.2) is 0 Å². The van der Waals surface area contributed by atoms with E-state index in [0.29, 0.717) is 0 Å². The molecule has 3 nitrogen and oxygen atoms in total. The fourth-order valence-corrected chi connectivity index (χ4v) is 0.723. The number of hydrogen-bond acceptors (Lipinski definition) is 3. The third-order valence-electron chi connectivity index (χ3n) is 0.793. The zero-order valence-electron chi connectivity index (χ0n) is 6.34. The first-order valence-corrected chi connectivity index (χ1v) is 4.06. The molecule has 0 N–H and O–H groups in total. The van der Waals surface area contributed by atoms with Gasteiger partial charge in [0.25, 0.3) is 0 Å². The summed E-state index contributed by atoms with van der Waals surface area (Å²) in [5.41, 5.74) is -0.619. The molecule has 2 atom stereocenters. The standard InChI is InChI=1S/C6H10Cl2O3/c1-4(9)10-5(2)11-6(8)3-7/h5-6H,3H2,1-2H3. The molecule has 0 aliphatic carbocycles. The molecule has 0 radical (unpaired) electrons. The molecule has 0 rings (SSSR count). The van der Waals surface area contributed by atoms with Gasteiger partial charge in [0, 0.05) is 6.92 Å². The van der Waals surface area contributed by atoms with E-state index >= 15 is 0 Å². The Morgan fingerprint density at radius 3 is 2.55 bits per heavy atom. The molecular formula is C6H10Cl2O3. The van der Waals surface area contributed by atoms with Crippen molar-refractivity contribution >= 4 is 29.2 Å². The second-order valence-corrected chi connectivity index (χ2v) is 2.67. The van der Waals surface area contributed by atoms with E-state index in [9.17, 15) is 4.79 Å². The molecule has 11 heavy (non-hydrogen) atoms. The molecule has 0 bridgehead atoms. The Morgan fingerprint density at radius 1 is 1.64 bits per heavy atom. The third kappa shape index (κ3) is 6.41. The van der Waals surface area contributed by atoms with Gasteiger partial charge in [0.15, 0.2) is 0 Å². The molecule has 0 heterocycles. The van der Waals surface area contributed by atoms with Crippen molar-refractivity contribution in [2.24, 2.45) is 0 Å². The molecule has 0 spiro atoms. The summed E-state index contributed by atoms with van der Waals surface area (Å²) >= 11 is 10.8. The van der Waals surface area contributed by atoms with E-state index in [1.807, 2.05) is 0 Å². The highest BCUT2D eigenvalue weighted by Crippen LogP contribution is 2.05. The van der Waals surface area contributed by atoms with Crippen LogP contribution in [0.15, 0.2) is 0 Å². The van der Waals surface area contributed by atoms with E-state index in [4.69, 9.17) is 27.9 Å². The van der Waals surface area contributed by atoms with Crippen LogP contribution in [0.5, 0.6) is 0 Å². The minimum absolute atomic E-state index is 0.160. The van der Waals surface area contributed by atoms with Crippen LogP contribution in [0.25, 0.3) is 0 Å². The van der Waals surface area contributed by atoms with Crippen LogP contribution in [-0.4, -0.2) is 23.7 Å². The minimum atomic E-state index is -0.645. The van der Waals surface area contributed by atoms with Gasteiger partial charge in [-0.05, 0) is 6.92 Å². The summed E-state index contributed by atoms with van der Waals surface area (Å²) in [5.74, 6) is -0.247. The van der Waals surface area contributed by atoms with Crippen LogP contribution in [0.2, 0.25) is 0 Å². The van der Waals surface area contributed by atoms with Crippen molar-refractivity contribution in [1.29, 1.82) is 0 Å². The molecule has 0 aliphatic heterocycles. The maximum atomic E-state index is 10.3. The third-order valence-corrected chi connectivity index (χ3v) is 1.49. The van der Waals surface area contributed by atoms with Crippen LogP contribution in [0, 0.1) is 0 Å². The van der Waals surface area contributed by atoms with E-state index < -0.39 is 17.8 Å². The topological polar surface area (TPSA) is 35.5 Å². The summed E-state index contributed by atoms with van der Waals surface area (Å²) in [6.07, 6.45) is -0.645.